The van der Waals surface area contributed by atoms with E-state index in [0.717, 1.165) is 0 Å². The van der Waals surface area contributed by atoms with Gasteiger partial charge in [-0.25, -0.2) is 4.79 Å². The largest absolute Gasteiger partial charge is 0.618 e. The monoisotopic (exact) mass is 433 g/mol. The van der Waals surface area contributed by atoms with E-state index in [1.165, 1.54) is 12.1 Å². The maximum atomic E-state index is 12.4. The maximum absolute atomic E-state index is 12.4. The highest BCUT2D eigenvalue weighted by molar-refractivity contribution is 9.09. The summed E-state index contributed by atoms with van der Waals surface area (Å²) in [6, 6.07) is 4.47. The summed E-state index contributed by atoms with van der Waals surface area (Å²) < 4.78 is 6.18. The number of amides is 1. The number of halogens is 2. The highest BCUT2D eigenvalue weighted by Crippen LogP contribution is 2.18. The number of benzene rings is 1. The number of hydrogen-bond donors (Lipinski definition) is 1. The van der Waals surface area contributed by atoms with Crippen LogP contribution in [0.1, 0.15) is 18.3 Å². The number of alkyl halides is 2. The molecule has 2 rings (SSSR count). The van der Waals surface area contributed by atoms with E-state index in [1.807, 2.05) is 0 Å². The van der Waals surface area contributed by atoms with Gasteiger partial charge in [-0.2, -0.15) is 9.46 Å². The third kappa shape index (κ3) is 3.09. The number of anilines is 1. The Balaban J connectivity index is 2.57. The van der Waals surface area contributed by atoms with Gasteiger partial charge in [0, 0.05) is 12.1 Å². The fourth-order valence-electron chi connectivity index (χ4n) is 2.01. The highest BCUT2D eigenvalue weighted by Gasteiger charge is 2.26. The van der Waals surface area contributed by atoms with Crippen molar-refractivity contribution in [3.63, 3.8) is 0 Å². The second kappa shape index (κ2) is 7.10. The van der Waals surface area contributed by atoms with Crippen molar-refractivity contribution in [1.29, 1.82) is 0 Å². The zero-order chi connectivity index (χ0) is 16.3. The summed E-state index contributed by atoms with van der Waals surface area (Å²) in [4.78, 5) is 11.4. The van der Waals surface area contributed by atoms with Crippen molar-refractivity contribution in [1.82, 2.24) is 0 Å². The van der Waals surface area contributed by atoms with Crippen molar-refractivity contribution < 1.29 is 19.0 Å². The number of carbonyl (C=O) groups is 1. The van der Waals surface area contributed by atoms with Gasteiger partial charge in [0.05, 0.1) is 23.0 Å². The van der Waals surface area contributed by atoms with Crippen molar-refractivity contribution >= 4 is 54.7 Å². The smallest absolute Gasteiger partial charge is 0.411 e. The molecule has 0 aliphatic heterocycles. The van der Waals surface area contributed by atoms with Gasteiger partial charge in [-0.05, 0) is 13.0 Å². The summed E-state index contributed by atoms with van der Waals surface area (Å²) in [7, 11) is 0. The van der Waals surface area contributed by atoms with E-state index in [9.17, 15) is 15.2 Å². The average molecular weight is 435 g/mol. The first kappa shape index (κ1) is 16.8. The van der Waals surface area contributed by atoms with Crippen LogP contribution in [0.15, 0.2) is 18.2 Å². The first-order valence-corrected chi connectivity index (χ1v) is 8.64. The number of nitrogens with one attached hydrogen (secondary N) is 1. The fourth-order valence-corrected chi connectivity index (χ4v) is 3.11. The van der Waals surface area contributed by atoms with Crippen LogP contribution in [0.25, 0.3) is 11.0 Å². The van der Waals surface area contributed by atoms with Crippen LogP contribution in [0.3, 0.4) is 0 Å². The predicted octanol–water partition coefficient (Wildman–Crippen LogP) is 2.46. The Morgan fingerprint density at radius 3 is 2.32 bits per heavy atom. The lowest BCUT2D eigenvalue weighted by Crippen LogP contribution is -2.45. The van der Waals surface area contributed by atoms with E-state index in [2.05, 4.69) is 37.2 Å². The van der Waals surface area contributed by atoms with Crippen LogP contribution in [0.2, 0.25) is 0 Å². The molecule has 2 aromatic rings. The van der Waals surface area contributed by atoms with Crippen molar-refractivity contribution in [2.75, 3.05) is 11.9 Å². The molecule has 0 bridgehead atoms. The van der Waals surface area contributed by atoms with E-state index in [4.69, 9.17) is 4.74 Å². The number of aromatic nitrogens is 2. The van der Waals surface area contributed by atoms with Gasteiger partial charge in [-0.3, -0.25) is 5.32 Å². The summed E-state index contributed by atoms with van der Waals surface area (Å²) in [6.07, 6.45) is -0.618. The Kier molecular flexibility index (Phi) is 5.41. The lowest BCUT2D eigenvalue weighted by Gasteiger charge is -2.12. The molecule has 1 N–H and O–H groups in total. The molecule has 0 radical (unpaired) electrons. The minimum Gasteiger partial charge on any atom is -0.618 e. The number of fused-ring (bicyclic) bond motifs is 1. The van der Waals surface area contributed by atoms with Gasteiger partial charge in [-0.1, -0.05) is 31.9 Å². The molecule has 9 heteroatoms. The van der Waals surface area contributed by atoms with Crippen LogP contribution in [0.5, 0.6) is 0 Å². The van der Waals surface area contributed by atoms with Crippen molar-refractivity contribution in [3.05, 3.63) is 40.0 Å². The number of ether oxygens (including phenoxy) is 1. The Hall–Kier alpha value is -1.61. The van der Waals surface area contributed by atoms with Crippen LogP contribution in [0.4, 0.5) is 10.5 Å². The standard InChI is InChI=1S/C13H13Br2N3O4/c1-2-22-13(19)16-8-3-4-9-10(5-8)18(21)12(7-15)11(6-14)17(9)20/h3-5H,2,6-7H2,1H3,(H,16,19). The minimum absolute atomic E-state index is 0.170. The van der Waals surface area contributed by atoms with Crippen molar-refractivity contribution in [2.24, 2.45) is 0 Å². The quantitative estimate of drug-likeness (QED) is 0.454. The van der Waals surface area contributed by atoms with Gasteiger partial charge >= 0.3 is 6.09 Å². The Morgan fingerprint density at radius 1 is 1.18 bits per heavy atom. The first-order chi connectivity index (χ1) is 10.5. The lowest BCUT2D eigenvalue weighted by atomic mass is 10.2. The molecule has 1 aromatic carbocycles. The molecular formula is C13H13Br2N3O4. The minimum atomic E-state index is -0.618. The summed E-state index contributed by atoms with van der Waals surface area (Å²) in [6.45, 7) is 1.93. The second-order valence-electron chi connectivity index (χ2n) is 4.30. The molecular weight excluding hydrogens is 422 g/mol. The Bertz CT molecular complexity index is 724. The van der Waals surface area contributed by atoms with Crippen LogP contribution in [0, 0.1) is 10.4 Å². The van der Waals surface area contributed by atoms with Gasteiger partial charge in [-0.15, -0.1) is 0 Å². The third-order valence-corrected chi connectivity index (χ3v) is 4.07. The van der Waals surface area contributed by atoms with Gasteiger partial charge in [0.15, 0.2) is 0 Å². The van der Waals surface area contributed by atoms with Crippen LogP contribution in [-0.4, -0.2) is 12.7 Å². The lowest BCUT2D eigenvalue weighted by molar-refractivity contribution is -0.638. The SMILES string of the molecule is CCOC(=O)Nc1ccc2c(c1)[n+]([O-])c(CBr)c(CBr)[n+]2[O-]. The number of rotatable bonds is 4. The summed E-state index contributed by atoms with van der Waals surface area (Å²) in [5.41, 5.74) is 1.42. The third-order valence-electron chi connectivity index (χ3n) is 3.01. The Morgan fingerprint density at radius 2 is 1.77 bits per heavy atom. The van der Waals surface area contributed by atoms with Crippen LogP contribution < -0.4 is 14.8 Å². The molecule has 0 spiro atoms. The molecule has 7 nitrogen and oxygen atoms in total. The zero-order valence-corrected chi connectivity index (χ0v) is 14.8. The van der Waals surface area contributed by atoms with Gasteiger partial charge < -0.3 is 15.2 Å². The normalized spacial score (nSPS) is 10.7. The van der Waals surface area contributed by atoms with E-state index in [0.29, 0.717) is 26.5 Å². The molecule has 0 fully saturated rings. The molecule has 0 saturated carbocycles. The summed E-state index contributed by atoms with van der Waals surface area (Å²) in [5.74, 6) is 0. The molecule has 0 aliphatic rings. The molecule has 0 saturated heterocycles. The Labute approximate surface area is 143 Å². The van der Waals surface area contributed by atoms with E-state index >= 15 is 0 Å². The average Bonchev–Trinajstić information content (AvgIpc) is 2.50. The van der Waals surface area contributed by atoms with E-state index in [-0.39, 0.29) is 28.3 Å². The highest BCUT2D eigenvalue weighted by atomic mass is 79.9. The van der Waals surface area contributed by atoms with Gasteiger partial charge in [0.1, 0.15) is 0 Å². The molecule has 1 heterocycles. The number of carbonyl (C=O) groups excluding carboxylic acids is 1. The fraction of sp³-hybridized carbons (Fsp3) is 0.308. The van der Waals surface area contributed by atoms with Crippen LogP contribution >= 0.6 is 31.9 Å². The van der Waals surface area contributed by atoms with Crippen molar-refractivity contribution in [3.8, 4) is 0 Å². The molecule has 0 unspecified atom stereocenters. The maximum Gasteiger partial charge on any atom is 0.411 e. The summed E-state index contributed by atoms with van der Waals surface area (Å²) >= 11 is 6.43. The molecule has 1 aromatic heterocycles. The number of nitrogens with zero attached hydrogens (tertiary/aromatic N) is 2. The molecule has 1 amide bonds. The first-order valence-electron chi connectivity index (χ1n) is 6.39. The van der Waals surface area contributed by atoms with Crippen molar-refractivity contribution in [2.45, 2.75) is 17.6 Å². The predicted molar refractivity (Wildman–Crippen MR) is 87.8 cm³/mol. The van der Waals surface area contributed by atoms with E-state index < -0.39 is 6.09 Å². The van der Waals surface area contributed by atoms with E-state index in [1.54, 1.807) is 13.0 Å². The molecule has 22 heavy (non-hydrogen) atoms. The molecule has 118 valence electrons. The van der Waals surface area contributed by atoms with Gasteiger partial charge in [0.25, 0.3) is 22.4 Å². The summed E-state index contributed by atoms with van der Waals surface area (Å²) in [5, 5.41) is 27.8. The number of hydrogen-bond acceptors (Lipinski definition) is 4. The topological polar surface area (TPSA) is 92.2 Å². The molecule has 0 aliphatic carbocycles. The second-order valence-corrected chi connectivity index (χ2v) is 5.42. The zero-order valence-electron chi connectivity index (χ0n) is 11.6. The molecule has 0 atom stereocenters. The van der Waals surface area contributed by atoms with Crippen LogP contribution in [-0.2, 0) is 15.4 Å². The van der Waals surface area contributed by atoms with Gasteiger partial charge in [0.2, 0.25) is 0 Å².